The van der Waals surface area contributed by atoms with E-state index >= 15 is 0 Å². The molecule has 3 rings (SSSR count). The van der Waals surface area contributed by atoms with Crippen LogP contribution in [0.1, 0.15) is 5.01 Å². The summed E-state index contributed by atoms with van der Waals surface area (Å²) in [7, 11) is 0. The molecule has 0 atom stereocenters. The van der Waals surface area contributed by atoms with Crippen molar-refractivity contribution in [3.63, 3.8) is 0 Å². The Morgan fingerprint density at radius 2 is 1.63 bits per heavy atom. The van der Waals surface area contributed by atoms with Gasteiger partial charge in [-0.15, -0.1) is 11.3 Å². The Labute approximate surface area is 152 Å². The van der Waals surface area contributed by atoms with Gasteiger partial charge in [0.15, 0.2) is 11.5 Å². The molecule has 0 aliphatic carbocycles. The van der Waals surface area contributed by atoms with Crippen LogP contribution < -0.4 is 4.74 Å². The lowest BCUT2D eigenvalue weighted by molar-refractivity contribution is 0.241. The number of allylic oxidation sites excluding steroid dienone is 1. The SMILES string of the molecule is N#CC(=C(O)COc1c(F)c(F)c(F)c(F)c1F)c1nc2ccccc2s1. The summed E-state index contributed by atoms with van der Waals surface area (Å²) in [6, 6.07) is 8.54. The first-order chi connectivity index (χ1) is 12.8. The predicted molar refractivity (Wildman–Crippen MR) is 86.5 cm³/mol. The monoisotopic (exact) mass is 398 g/mol. The number of nitrogens with zero attached hydrogens (tertiary/aromatic N) is 2. The van der Waals surface area contributed by atoms with Crippen molar-refractivity contribution in [3.8, 4) is 11.8 Å². The molecular formula is C17H7F5N2O2S. The molecule has 0 amide bonds. The third kappa shape index (κ3) is 3.29. The minimum Gasteiger partial charge on any atom is -0.507 e. The molecule has 0 fully saturated rings. The van der Waals surface area contributed by atoms with Gasteiger partial charge in [0.05, 0.1) is 10.2 Å². The fourth-order valence-electron chi connectivity index (χ4n) is 2.14. The highest BCUT2D eigenvalue weighted by Crippen LogP contribution is 2.31. The number of thiazole rings is 1. The molecule has 27 heavy (non-hydrogen) atoms. The Kier molecular flexibility index (Phi) is 4.96. The number of ether oxygens (including phenoxy) is 1. The third-order valence-electron chi connectivity index (χ3n) is 3.43. The van der Waals surface area contributed by atoms with Crippen molar-refractivity contribution in [2.24, 2.45) is 0 Å². The molecule has 10 heteroatoms. The van der Waals surface area contributed by atoms with Gasteiger partial charge in [-0.05, 0) is 12.1 Å². The Morgan fingerprint density at radius 3 is 2.22 bits per heavy atom. The minimum atomic E-state index is -2.33. The van der Waals surface area contributed by atoms with Gasteiger partial charge in [-0.1, -0.05) is 12.1 Å². The number of nitriles is 1. The minimum absolute atomic E-state index is 0.109. The molecule has 0 aliphatic heterocycles. The van der Waals surface area contributed by atoms with Crippen molar-refractivity contribution < 1.29 is 31.8 Å². The Morgan fingerprint density at radius 1 is 1.04 bits per heavy atom. The second kappa shape index (κ2) is 7.20. The highest BCUT2D eigenvalue weighted by atomic mass is 32.1. The van der Waals surface area contributed by atoms with Gasteiger partial charge >= 0.3 is 0 Å². The second-order valence-corrected chi connectivity index (χ2v) is 6.14. The number of fused-ring (bicyclic) bond motifs is 1. The zero-order valence-electron chi connectivity index (χ0n) is 13.1. The average molecular weight is 398 g/mol. The van der Waals surface area contributed by atoms with E-state index in [1.54, 1.807) is 30.3 Å². The topological polar surface area (TPSA) is 66.1 Å². The summed E-state index contributed by atoms with van der Waals surface area (Å²) in [5.41, 5.74) is 0.207. The quantitative estimate of drug-likeness (QED) is 0.224. The van der Waals surface area contributed by atoms with Crippen LogP contribution in [0.25, 0.3) is 15.8 Å². The molecule has 0 saturated carbocycles. The normalized spacial score (nSPS) is 12.0. The smallest absolute Gasteiger partial charge is 0.207 e. The molecule has 2 aromatic carbocycles. The van der Waals surface area contributed by atoms with Gasteiger partial charge in [0.2, 0.25) is 29.1 Å². The summed E-state index contributed by atoms with van der Waals surface area (Å²) in [5.74, 6) is -13.4. The molecule has 0 spiro atoms. The molecule has 138 valence electrons. The molecule has 4 nitrogen and oxygen atoms in total. The van der Waals surface area contributed by atoms with Crippen LogP contribution in [0.3, 0.4) is 0 Å². The van der Waals surface area contributed by atoms with E-state index in [0.717, 1.165) is 11.3 Å². The van der Waals surface area contributed by atoms with Gasteiger partial charge in [-0.25, -0.2) is 18.2 Å². The average Bonchev–Trinajstić information content (AvgIpc) is 3.09. The summed E-state index contributed by atoms with van der Waals surface area (Å²) in [5, 5.41) is 19.4. The number of aliphatic hydroxyl groups is 1. The van der Waals surface area contributed by atoms with E-state index in [9.17, 15) is 32.3 Å². The number of hydrogen-bond acceptors (Lipinski definition) is 5. The maximum Gasteiger partial charge on any atom is 0.207 e. The maximum atomic E-state index is 13.6. The molecular weight excluding hydrogens is 391 g/mol. The van der Waals surface area contributed by atoms with Gasteiger partial charge in [0.1, 0.15) is 23.3 Å². The summed E-state index contributed by atoms with van der Waals surface area (Å²) in [4.78, 5) is 4.14. The van der Waals surface area contributed by atoms with Crippen LogP contribution in [0.15, 0.2) is 30.0 Å². The molecule has 1 N–H and O–H groups in total. The zero-order chi connectivity index (χ0) is 19.7. The number of hydrogen-bond donors (Lipinski definition) is 1. The number of aromatic nitrogens is 1. The number of para-hydroxylation sites is 1. The lowest BCUT2D eigenvalue weighted by Gasteiger charge is -2.10. The zero-order valence-corrected chi connectivity index (χ0v) is 13.9. The summed E-state index contributed by atoms with van der Waals surface area (Å²) in [6.07, 6.45) is 0. The molecule has 0 bridgehead atoms. The van der Waals surface area contributed by atoms with Crippen molar-refractivity contribution in [3.05, 3.63) is 64.1 Å². The highest BCUT2D eigenvalue weighted by molar-refractivity contribution is 7.19. The second-order valence-electron chi connectivity index (χ2n) is 5.11. The molecule has 0 aliphatic rings. The van der Waals surface area contributed by atoms with Gasteiger partial charge in [-0.2, -0.15) is 14.0 Å². The number of aliphatic hydroxyl groups excluding tert-OH is 1. The van der Waals surface area contributed by atoms with Gasteiger partial charge in [-0.3, -0.25) is 0 Å². The Balaban J connectivity index is 1.94. The van der Waals surface area contributed by atoms with E-state index in [1.165, 1.54) is 0 Å². The van der Waals surface area contributed by atoms with Gasteiger partial charge < -0.3 is 9.84 Å². The van der Waals surface area contributed by atoms with E-state index in [1.807, 2.05) is 0 Å². The van der Waals surface area contributed by atoms with Crippen molar-refractivity contribution in [2.45, 2.75) is 0 Å². The third-order valence-corrected chi connectivity index (χ3v) is 4.48. The molecule has 0 saturated heterocycles. The standard InChI is InChI=1S/C17H7F5N2O2S/c18-11-12(19)14(21)16(15(22)13(11)20)26-6-9(25)7(5-23)17-24-8-3-1-2-4-10(8)27-17/h1-4,25H,6H2. The van der Waals surface area contributed by atoms with Crippen molar-refractivity contribution >= 4 is 27.1 Å². The van der Waals surface area contributed by atoms with Crippen LogP contribution in [0, 0.1) is 40.4 Å². The van der Waals surface area contributed by atoms with E-state index in [2.05, 4.69) is 9.72 Å². The van der Waals surface area contributed by atoms with Gasteiger partial charge in [0, 0.05) is 0 Å². The van der Waals surface area contributed by atoms with Crippen molar-refractivity contribution in [1.82, 2.24) is 4.98 Å². The van der Waals surface area contributed by atoms with Crippen LogP contribution >= 0.6 is 11.3 Å². The highest BCUT2D eigenvalue weighted by Gasteiger charge is 2.27. The molecule has 1 aromatic heterocycles. The van der Waals surface area contributed by atoms with E-state index in [4.69, 9.17) is 0 Å². The Bertz CT molecular complexity index is 1060. The summed E-state index contributed by atoms with van der Waals surface area (Å²) >= 11 is 1.07. The van der Waals surface area contributed by atoms with E-state index in [-0.39, 0.29) is 10.6 Å². The number of halogens is 5. The lowest BCUT2D eigenvalue weighted by atomic mass is 10.2. The fourth-order valence-corrected chi connectivity index (χ4v) is 3.12. The predicted octanol–water partition coefficient (Wildman–Crippen LogP) is 4.86. The summed E-state index contributed by atoms with van der Waals surface area (Å²) in [6.45, 7) is -1.00. The van der Waals surface area contributed by atoms with Crippen molar-refractivity contribution in [2.75, 3.05) is 6.61 Å². The number of rotatable bonds is 4. The largest absolute Gasteiger partial charge is 0.507 e. The lowest BCUT2D eigenvalue weighted by Crippen LogP contribution is -2.10. The van der Waals surface area contributed by atoms with Crippen LogP contribution in [-0.2, 0) is 0 Å². The van der Waals surface area contributed by atoms with Crippen LogP contribution in [0.4, 0.5) is 22.0 Å². The maximum absolute atomic E-state index is 13.6. The van der Waals surface area contributed by atoms with E-state index in [0.29, 0.717) is 10.2 Å². The van der Waals surface area contributed by atoms with Crippen LogP contribution in [-0.4, -0.2) is 16.7 Å². The molecule has 3 aromatic rings. The van der Waals surface area contributed by atoms with Gasteiger partial charge in [0.25, 0.3) is 0 Å². The first kappa shape index (κ1) is 18.6. The molecule has 0 unspecified atom stereocenters. The fraction of sp³-hybridized carbons (Fsp3) is 0.0588. The van der Waals surface area contributed by atoms with Crippen LogP contribution in [0.5, 0.6) is 5.75 Å². The molecule has 0 radical (unpaired) electrons. The van der Waals surface area contributed by atoms with Crippen molar-refractivity contribution in [1.29, 1.82) is 5.26 Å². The number of benzene rings is 2. The Hall–Kier alpha value is -3.19. The molecule has 1 heterocycles. The summed E-state index contributed by atoms with van der Waals surface area (Å²) < 4.78 is 71.7. The first-order valence-electron chi connectivity index (χ1n) is 7.17. The van der Waals surface area contributed by atoms with Crippen LogP contribution in [0.2, 0.25) is 0 Å². The first-order valence-corrected chi connectivity index (χ1v) is 7.99. The van der Waals surface area contributed by atoms with E-state index < -0.39 is 47.2 Å².